The second-order valence-electron chi connectivity index (χ2n) is 3.12. The van der Waals surface area contributed by atoms with Gasteiger partial charge in [0.1, 0.15) is 0 Å². The summed E-state index contributed by atoms with van der Waals surface area (Å²) in [5, 5.41) is 15.2. The second-order valence-corrected chi connectivity index (χ2v) is 5.75. The van der Waals surface area contributed by atoms with Gasteiger partial charge in [-0.1, -0.05) is 19.8 Å². The van der Waals surface area contributed by atoms with Crippen molar-refractivity contribution in [3.8, 4) is 12.1 Å². The minimum atomic E-state index is -4.70. The van der Waals surface area contributed by atoms with Gasteiger partial charge in [-0.15, -0.1) is 0 Å². The van der Waals surface area contributed by atoms with Crippen LogP contribution in [-0.2, 0) is 0 Å². The Bertz CT molecular complexity index is 232. The lowest BCUT2D eigenvalue weighted by Gasteiger charge is -2.22. The summed E-state index contributed by atoms with van der Waals surface area (Å²) in [6.07, 6.45) is 1.21. The Morgan fingerprint density at radius 2 is 1.77 bits per heavy atom. The predicted octanol–water partition coefficient (Wildman–Crippen LogP) is 2.98. The molecule has 0 aromatic rings. The van der Waals surface area contributed by atoms with Gasteiger partial charge in [-0.25, -0.2) is 0 Å². The van der Waals surface area contributed by atoms with Gasteiger partial charge in [0.05, 0.1) is 12.1 Å². The summed E-state index contributed by atoms with van der Waals surface area (Å²) in [5.74, 6) is 0. The van der Waals surface area contributed by atoms with E-state index in [9.17, 15) is 8.22 Å². The van der Waals surface area contributed by atoms with Gasteiger partial charge in [0, 0.05) is 0 Å². The largest absolute Gasteiger partial charge is 0.455 e. The molecule has 72 valence electrons. The monoisotopic (exact) mass is 202 g/mol. The highest BCUT2D eigenvalue weighted by Crippen LogP contribution is 2.43. The van der Waals surface area contributed by atoms with Crippen molar-refractivity contribution in [1.29, 1.82) is 10.5 Å². The molecule has 0 rings (SSSR count). The van der Waals surface area contributed by atoms with Crippen LogP contribution in [0.25, 0.3) is 0 Å². The van der Waals surface area contributed by atoms with Crippen molar-refractivity contribution in [2.75, 3.05) is 0 Å². The molecule has 0 radical (unpaired) electrons. The SMILES string of the molecule is CCCCC(C#N)(C#N)[Si](C)(F)F. The molecule has 0 aromatic heterocycles. The van der Waals surface area contributed by atoms with E-state index in [2.05, 4.69) is 0 Å². The van der Waals surface area contributed by atoms with Crippen molar-refractivity contribution in [2.45, 2.75) is 37.8 Å². The molecule has 0 bridgehead atoms. The third kappa shape index (κ3) is 2.50. The molecule has 0 aliphatic rings. The third-order valence-corrected chi connectivity index (χ3v) is 4.01. The van der Waals surface area contributed by atoms with Crippen molar-refractivity contribution < 1.29 is 8.22 Å². The molecule has 0 fully saturated rings. The molecule has 0 amide bonds. The Labute approximate surface area is 78.1 Å². The van der Waals surface area contributed by atoms with E-state index >= 15 is 0 Å². The average Bonchev–Trinajstić information content (AvgIpc) is 2.05. The van der Waals surface area contributed by atoms with Crippen molar-refractivity contribution in [2.24, 2.45) is 0 Å². The fraction of sp³-hybridized carbons (Fsp3) is 0.750. The lowest BCUT2D eigenvalue weighted by Crippen LogP contribution is -2.35. The van der Waals surface area contributed by atoms with Crippen LogP contribution in [0.5, 0.6) is 0 Å². The highest BCUT2D eigenvalue weighted by Gasteiger charge is 2.55. The van der Waals surface area contributed by atoms with Crippen LogP contribution >= 0.6 is 0 Å². The zero-order valence-electron chi connectivity index (χ0n) is 7.77. The van der Waals surface area contributed by atoms with Gasteiger partial charge in [0.15, 0.2) is 5.04 Å². The molecule has 0 aliphatic carbocycles. The first-order chi connectivity index (χ1) is 5.93. The molecule has 13 heavy (non-hydrogen) atoms. The molecule has 0 N–H and O–H groups in total. The predicted molar refractivity (Wildman–Crippen MR) is 47.3 cm³/mol. The summed E-state index contributed by atoms with van der Waals surface area (Å²) >= 11 is 0. The molecule has 0 unspecified atom stereocenters. The molecule has 2 nitrogen and oxygen atoms in total. The molecule has 0 aromatic carbocycles. The number of hydrogen-bond acceptors (Lipinski definition) is 2. The minimum Gasteiger partial charge on any atom is -0.268 e. The molecule has 0 saturated carbocycles. The van der Waals surface area contributed by atoms with Gasteiger partial charge in [-0.2, -0.15) is 10.5 Å². The molecule has 5 heteroatoms. The summed E-state index contributed by atoms with van der Waals surface area (Å²) in [5.41, 5.74) is 0. The van der Waals surface area contributed by atoms with E-state index < -0.39 is 13.8 Å². The van der Waals surface area contributed by atoms with Crippen LogP contribution in [0.3, 0.4) is 0 Å². The van der Waals surface area contributed by atoms with E-state index in [0.29, 0.717) is 6.42 Å². The lowest BCUT2D eigenvalue weighted by atomic mass is 10.0. The number of unbranched alkanes of at least 4 members (excludes halogenated alkanes) is 1. The zero-order valence-corrected chi connectivity index (χ0v) is 8.77. The first-order valence-electron chi connectivity index (χ1n) is 4.14. The summed E-state index contributed by atoms with van der Waals surface area (Å²) in [6, 6.07) is 2.98. The van der Waals surface area contributed by atoms with Gasteiger partial charge in [0.2, 0.25) is 0 Å². The standard InChI is InChI=1S/C8H12F2N2Si/c1-3-4-5-8(6-11,7-12)13(2,9)10/h3-5H2,1-2H3. The van der Waals surface area contributed by atoms with E-state index in [0.717, 1.165) is 13.0 Å². The lowest BCUT2D eigenvalue weighted by molar-refractivity contribution is 0.518. The Kier molecular flexibility index (Phi) is 4.02. The topological polar surface area (TPSA) is 47.6 Å². The highest BCUT2D eigenvalue weighted by molar-refractivity contribution is 6.70. The molecule has 0 spiro atoms. The van der Waals surface area contributed by atoms with E-state index in [1.807, 2.05) is 6.92 Å². The third-order valence-electron chi connectivity index (χ3n) is 2.04. The molecule has 0 saturated heterocycles. The second kappa shape index (κ2) is 4.34. The van der Waals surface area contributed by atoms with E-state index in [1.165, 1.54) is 12.1 Å². The highest BCUT2D eigenvalue weighted by atomic mass is 28.4. The molecular formula is C8H12F2N2Si. The number of hydrogen-bond donors (Lipinski definition) is 0. The summed E-state index contributed by atoms with van der Waals surface area (Å²) in [4.78, 5) is 0. The Balaban J connectivity index is 4.77. The van der Waals surface area contributed by atoms with Gasteiger partial charge in [-0.05, 0) is 13.0 Å². The Morgan fingerprint density at radius 1 is 1.31 bits per heavy atom. The zero-order chi connectivity index (χ0) is 10.5. The maximum Gasteiger partial charge on any atom is 0.455 e. The molecular weight excluding hydrogens is 190 g/mol. The van der Waals surface area contributed by atoms with E-state index in [-0.39, 0.29) is 6.42 Å². The van der Waals surface area contributed by atoms with Crippen LogP contribution in [0.4, 0.5) is 8.22 Å². The quantitative estimate of drug-likeness (QED) is 0.519. The van der Waals surface area contributed by atoms with E-state index in [1.54, 1.807) is 0 Å². The number of halogens is 2. The fourth-order valence-corrected chi connectivity index (χ4v) is 2.00. The number of rotatable bonds is 4. The summed E-state index contributed by atoms with van der Waals surface area (Å²) in [7, 11) is -4.70. The Hall–Kier alpha value is -0.943. The van der Waals surface area contributed by atoms with Gasteiger partial charge in [0.25, 0.3) is 0 Å². The van der Waals surface area contributed by atoms with Crippen molar-refractivity contribution in [3.63, 3.8) is 0 Å². The number of nitriles is 2. The van der Waals surface area contributed by atoms with Crippen LogP contribution in [0.15, 0.2) is 0 Å². The van der Waals surface area contributed by atoms with Gasteiger partial charge >= 0.3 is 8.74 Å². The maximum atomic E-state index is 13.1. The van der Waals surface area contributed by atoms with Gasteiger partial charge in [-0.3, -0.25) is 8.22 Å². The average molecular weight is 202 g/mol. The molecule has 0 heterocycles. The fourth-order valence-electron chi connectivity index (χ4n) is 0.995. The smallest absolute Gasteiger partial charge is 0.268 e. The van der Waals surface area contributed by atoms with Crippen LogP contribution < -0.4 is 0 Å². The first kappa shape index (κ1) is 12.1. The van der Waals surface area contributed by atoms with Crippen LogP contribution in [-0.4, -0.2) is 8.74 Å². The van der Waals surface area contributed by atoms with Crippen LogP contribution in [0.1, 0.15) is 26.2 Å². The first-order valence-corrected chi connectivity index (χ1v) is 6.39. The summed E-state index contributed by atoms with van der Waals surface area (Å²) in [6.45, 7) is 2.60. The van der Waals surface area contributed by atoms with Crippen molar-refractivity contribution in [1.82, 2.24) is 0 Å². The summed E-state index contributed by atoms with van der Waals surface area (Å²) < 4.78 is 26.1. The van der Waals surface area contributed by atoms with E-state index in [4.69, 9.17) is 10.5 Å². The molecule has 0 atom stereocenters. The van der Waals surface area contributed by atoms with Crippen molar-refractivity contribution in [3.05, 3.63) is 0 Å². The van der Waals surface area contributed by atoms with Crippen LogP contribution in [0.2, 0.25) is 11.6 Å². The number of nitrogens with zero attached hydrogens (tertiary/aromatic N) is 2. The molecule has 0 aliphatic heterocycles. The van der Waals surface area contributed by atoms with Gasteiger partial charge < -0.3 is 0 Å². The Morgan fingerprint density at radius 3 is 2.00 bits per heavy atom. The normalized spacial score (nSPS) is 11.8. The van der Waals surface area contributed by atoms with Crippen molar-refractivity contribution >= 4 is 8.74 Å². The minimum absolute atomic E-state index is 0.00772. The van der Waals surface area contributed by atoms with Crippen LogP contribution in [0, 0.1) is 22.7 Å². The maximum absolute atomic E-state index is 13.1.